The lowest BCUT2D eigenvalue weighted by Crippen LogP contribution is -2.34. The molecule has 0 spiro atoms. The number of hydrogen-bond acceptors (Lipinski definition) is 3. The van der Waals surface area contributed by atoms with Crippen LogP contribution in [0.1, 0.15) is 31.1 Å². The summed E-state index contributed by atoms with van der Waals surface area (Å²) in [7, 11) is 0. The number of likely N-dealkylation sites (tertiary alicyclic amines) is 1. The summed E-state index contributed by atoms with van der Waals surface area (Å²) in [6.45, 7) is 6.52. The molecule has 1 aliphatic rings. The van der Waals surface area contributed by atoms with Crippen molar-refractivity contribution in [1.29, 1.82) is 0 Å². The molecule has 0 saturated carbocycles. The van der Waals surface area contributed by atoms with E-state index in [0.29, 0.717) is 12.3 Å². The van der Waals surface area contributed by atoms with Crippen molar-refractivity contribution in [3.8, 4) is 0 Å². The molecule has 2 rings (SSSR count). The van der Waals surface area contributed by atoms with Gasteiger partial charge in [-0.1, -0.05) is 18.5 Å². The number of aryl methyl sites for hydroxylation is 1. The molecule has 0 radical (unpaired) electrons. The maximum atomic E-state index is 11.8. The molecule has 2 heterocycles. The normalized spacial score (nSPS) is 17.3. The molecule has 1 atom stereocenters. The molecule has 20 heavy (non-hydrogen) atoms. The number of rotatable bonds is 7. The zero-order valence-corrected chi connectivity index (χ0v) is 13.6. The summed E-state index contributed by atoms with van der Waals surface area (Å²) < 4.78 is 0.791. The number of halogens is 1. The number of carbonyl (C=O) groups is 1. The molecule has 5 heteroatoms. The highest BCUT2D eigenvalue weighted by Gasteiger charge is 2.15. The third-order valence-corrected chi connectivity index (χ3v) is 4.93. The van der Waals surface area contributed by atoms with Gasteiger partial charge in [0.25, 0.3) is 0 Å². The molecule has 0 bridgehead atoms. The van der Waals surface area contributed by atoms with Gasteiger partial charge < -0.3 is 10.2 Å². The molecule has 1 amide bonds. The minimum atomic E-state index is 0.141. The first-order valence-electron chi connectivity index (χ1n) is 7.37. The van der Waals surface area contributed by atoms with E-state index in [4.69, 9.17) is 11.6 Å². The molecule has 1 aliphatic heterocycles. The van der Waals surface area contributed by atoms with Crippen LogP contribution in [-0.2, 0) is 11.2 Å². The van der Waals surface area contributed by atoms with Crippen LogP contribution in [-0.4, -0.2) is 37.0 Å². The molecule has 0 aliphatic carbocycles. The number of thiophene rings is 1. The lowest BCUT2D eigenvalue weighted by Gasteiger charge is -2.20. The highest BCUT2D eigenvalue weighted by Crippen LogP contribution is 2.22. The minimum Gasteiger partial charge on any atom is -0.356 e. The average Bonchev–Trinajstić information content (AvgIpc) is 3.05. The molecule has 3 nitrogen and oxygen atoms in total. The molecular weight excluding hydrogens is 292 g/mol. The van der Waals surface area contributed by atoms with E-state index < -0.39 is 0 Å². The summed E-state index contributed by atoms with van der Waals surface area (Å²) in [5, 5.41) is 3.04. The SMILES string of the molecule is C[C@H](CNC(=O)CCc1ccc(Cl)s1)CN1CCCC1. The van der Waals surface area contributed by atoms with E-state index in [-0.39, 0.29) is 5.91 Å². The van der Waals surface area contributed by atoms with Crippen molar-refractivity contribution in [2.75, 3.05) is 26.2 Å². The topological polar surface area (TPSA) is 32.3 Å². The molecule has 1 aromatic rings. The predicted molar refractivity (Wildman–Crippen MR) is 85.5 cm³/mol. The summed E-state index contributed by atoms with van der Waals surface area (Å²) in [5.41, 5.74) is 0. The predicted octanol–water partition coefficient (Wildman–Crippen LogP) is 3.18. The summed E-state index contributed by atoms with van der Waals surface area (Å²) in [6, 6.07) is 3.88. The Bertz CT molecular complexity index is 429. The number of nitrogens with zero attached hydrogens (tertiary/aromatic N) is 1. The van der Waals surface area contributed by atoms with Crippen LogP contribution < -0.4 is 5.32 Å². The van der Waals surface area contributed by atoms with Crippen molar-refractivity contribution in [2.45, 2.75) is 32.6 Å². The van der Waals surface area contributed by atoms with Crippen LogP contribution in [0.2, 0.25) is 4.34 Å². The molecule has 1 N–H and O–H groups in total. The number of amides is 1. The van der Waals surface area contributed by atoms with Gasteiger partial charge in [-0.05, 0) is 50.4 Å². The minimum absolute atomic E-state index is 0.141. The Morgan fingerprint density at radius 1 is 1.45 bits per heavy atom. The lowest BCUT2D eigenvalue weighted by molar-refractivity contribution is -0.121. The summed E-state index contributed by atoms with van der Waals surface area (Å²) in [4.78, 5) is 15.5. The average molecular weight is 315 g/mol. The summed E-state index contributed by atoms with van der Waals surface area (Å²) >= 11 is 7.43. The van der Waals surface area contributed by atoms with E-state index in [1.807, 2.05) is 12.1 Å². The van der Waals surface area contributed by atoms with Gasteiger partial charge in [-0.2, -0.15) is 0 Å². The highest BCUT2D eigenvalue weighted by molar-refractivity contribution is 7.16. The fourth-order valence-corrected chi connectivity index (χ4v) is 3.66. The van der Waals surface area contributed by atoms with Gasteiger partial charge in [0.1, 0.15) is 0 Å². The number of hydrogen-bond donors (Lipinski definition) is 1. The Morgan fingerprint density at radius 3 is 2.85 bits per heavy atom. The zero-order valence-electron chi connectivity index (χ0n) is 12.0. The maximum absolute atomic E-state index is 11.8. The zero-order chi connectivity index (χ0) is 14.4. The van der Waals surface area contributed by atoms with Gasteiger partial charge in [-0.25, -0.2) is 0 Å². The summed E-state index contributed by atoms with van der Waals surface area (Å²) in [6.07, 6.45) is 3.97. The summed E-state index contributed by atoms with van der Waals surface area (Å²) in [5.74, 6) is 0.663. The Morgan fingerprint density at radius 2 is 2.20 bits per heavy atom. The number of carbonyl (C=O) groups excluding carboxylic acids is 1. The van der Waals surface area contributed by atoms with Crippen molar-refractivity contribution in [3.05, 3.63) is 21.3 Å². The van der Waals surface area contributed by atoms with Gasteiger partial charge in [-0.3, -0.25) is 4.79 Å². The van der Waals surface area contributed by atoms with Crippen molar-refractivity contribution < 1.29 is 4.79 Å². The van der Waals surface area contributed by atoms with Crippen LogP contribution in [0.15, 0.2) is 12.1 Å². The van der Waals surface area contributed by atoms with Crippen LogP contribution >= 0.6 is 22.9 Å². The third-order valence-electron chi connectivity index (χ3n) is 3.64. The van der Waals surface area contributed by atoms with E-state index in [1.165, 1.54) is 30.8 Å². The van der Waals surface area contributed by atoms with Gasteiger partial charge in [0.2, 0.25) is 5.91 Å². The molecular formula is C15H23ClN2OS. The number of nitrogens with one attached hydrogen (secondary N) is 1. The van der Waals surface area contributed by atoms with Crippen molar-refractivity contribution in [2.24, 2.45) is 5.92 Å². The monoisotopic (exact) mass is 314 g/mol. The third kappa shape index (κ3) is 5.43. The molecule has 1 saturated heterocycles. The van der Waals surface area contributed by atoms with Crippen LogP contribution in [0, 0.1) is 5.92 Å². The maximum Gasteiger partial charge on any atom is 0.220 e. The van der Waals surface area contributed by atoms with Gasteiger partial charge >= 0.3 is 0 Å². The Balaban J connectivity index is 1.59. The van der Waals surface area contributed by atoms with E-state index in [9.17, 15) is 4.79 Å². The molecule has 1 aromatic heterocycles. The first kappa shape index (κ1) is 15.8. The van der Waals surface area contributed by atoms with Crippen LogP contribution in [0.4, 0.5) is 0 Å². The fourth-order valence-electron chi connectivity index (χ4n) is 2.57. The second kappa shape index (κ2) is 8.01. The largest absolute Gasteiger partial charge is 0.356 e. The molecule has 0 aromatic carbocycles. The van der Waals surface area contributed by atoms with Gasteiger partial charge in [0.15, 0.2) is 0 Å². The molecule has 0 unspecified atom stereocenters. The molecule has 1 fully saturated rings. The van der Waals surface area contributed by atoms with Gasteiger partial charge in [0.05, 0.1) is 4.34 Å². The quantitative estimate of drug-likeness (QED) is 0.838. The Hall–Kier alpha value is -0.580. The van der Waals surface area contributed by atoms with Crippen molar-refractivity contribution in [1.82, 2.24) is 10.2 Å². The van der Waals surface area contributed by atoms with Gasteiger partial charge in [-0.15, -0.1) is 11.3 Å². The van der Waals surface area contributed by atoms with Crippen molar-refractivity contribution >= 4 is 28.8 Å². The van der Waals surface area contributed by atoms with Crippen LogP contribution in [0.3, 0.4) is 0 Å². The Kier molecular flexibility index (Phi) is 6.33. The van der Waals surface area contributed by atoms with Crippen LogP contribution in [0.5, 0.6) is 0 Å². The van der Waals surface area contributed by atoms with E-state index >= 15 is 0 Å². The van der Waals surface area contributed by atoms with Crippen molar-refractivity contribution in [3.63, 3.8) is 0 Å². The molecule has 112 valence electrons. The first-order chi connectivity index (χ1) is 9.63. The van der Waals surface area contributed by atoms with E-state index in [0.717, 1.165) is 23.8 Å². The standard InChI is InChI=1S/C15H23ClN2OS/c1-12(11-18-8-2-3-9-18)10-17-15(19)7-5-13-4-6-14(16)20-13/h4,6,12H,2-3,5,7-11H2,1H3,(H,17,19)/t12-/m1/s1. The highest BCUT2D eigenvalue weighted by atomic mass is 35.5. The van der Waals surface area contributed by atoms with E-state index in [2.05, 4.69) is 17.1 Å². The first-order valence-corrected chi connectivity index (χ1v) is 8.56. The van der Waals surface area contributed by atoms with E-state index in [1.54, 1.807) is 11.3 Å². The second-order valence-electron chi connectivity index (χ2n) is 5.62. The Labute approximate surface area is 130 Å². The van der Waals surface area contributed by atoms with Gasteiger partial charge in [0, 0.05) is 24.4 Å². The fraction of sp³-hybridized carbons (Fsp3) is 0.667. The van der Waals surface area contributed by atoms with Crippen LogP contribution in [0.25, 0.3) is 0 Å². The lowest BCUT2D eigenvalue weighted by atomic mass is 10.1. The smallest absolute Gasteiger partial charge is 0.220 e. The second-order valence-corrected chi connectivity index (χ2v) is 7.42.